The third-order valence-corrected chi connectivity index (χ3v) is 4.91. The Bertz CT molecular complexity index is 574. The van der Waals surface area contributed by atoms with Crippen molar-refractivity contribution in [3.63, 3.8) is 0 Å². The molecule has 2 aromatic rings. The summed E-state index contributed by atoms with van der Waals surface area (Å²) >= 11 is 8.26. The van der Waals surface area contributed by atoms with Gasteiger partial charge in [0.1, 0.15) is 0 Å². The Balaban J connectivity index is 2.51. The van der Waals surface area contributed by atoms with Crippen LogP contribution in [0.25, 0.3) is 0 Å². The van der Waals surface area contributed by atoms with Gasteiger partial charge >= 0.3 is 0 Å². The van der Waals surface area contributed by atoms with Gasteiger partial charge in [0.2, 0.25) is 0 Å². The summed E-state index contributed by atoms with van der Waals surface area (Å²) in [5, 5.41) is 6.55. The van der Waals surface area contributed by atoms with Gasteiger partial charge in [0.05, 0.1) is 6.04 Å². The SMILES string of the molecule is CCNC(c1cc(C)c(C)cc1Cl)c1sccc1C. The fraction of sp³-hybridized carbons (Fsp3) is 0.375. The minimum Gasteiger partial charge on any atom is -0.306 e. The Kier molecular flexibility index (Phi) is 4.67. The molecule has 0 aliphatic carbocycles. The number of benzene rings is 1. The Morgan fingerprint density at radius 1 is 1.16 bits per heavy atom. The lowest BCUT2D eigenvalue weighted by molar-refractivity contribution is 0.637. The molecule has 0 aliphatic heterocycles. The second kappa shape index (κ2) is 6.08. The summed E-state index contributed by atoms with van der Waals surface area (Å²) in [6, 6.07) is 6.64. The largest absolute Gasteiger partial charge is 0.306 e. The summed E-state index contributed by atoms with van der Waals surface area (Å²) < 4.78 is 0. The van der Waals surface area contributed by atoms with Crippen molar-refractivity contribution in [2.75, 3.05) is 6.54 Å². The van der Waals surface area contributed by atoms with E-state index in [4.69, 9.17) is 11.6 Å². The van der Waals surface area contributed by atoms with Gasteiger partial charge < -0.3 is 5.32 Å². The Morgan fingerprint density at radius 2 is 1.84 bits per heavy atom. The molecular formula is C16H20ClNS. The molecule has 0 saturated carbocycles. The first-order valence-corrected chi connectivity index (χ1v) is 7.84. The molecule has 1 aromatic heterocycles. The predicted octanol–water partition coefficient (Wildman–Crippen LogP) is 5.03. The average Bonchev–Trinajstić information content (AvgIpc) is 2.77. The van der Waals surface area contributed by atoms with Crippen LogP contribution in [-0.4, -0.2) is 6.54 Å². The van der Waals surface area contributed by atoms with E-state index in [2.05, 4.69) is 56.6 Å². The van der Waals surface area contributed by atoms with Crippen molar-refractivity contribution in [3.8, 4) is 0 Å². The normalized spacial score (nSPS) is 12.7. The molecule has 1 heterocycles. The molecule has 0 bridgehead atoms. The summed E-state index contributed by atoms with van der Waals surface area (Å²) in [5.74, 6) is 0. The summed E-state index contributed by atoms with van der Waals surface area (Å²) in [6.07, 6.45) is 0. The van der Waals surface area contributed by atoms with Crippen LogP contribution < -0.4 is 5.32 Å². The second-order valence-electron chi connectivity index (χ2n) is 4.92. The average molecular weight is 294 g/mol. The molecule has 1 aromatic carbocycles. The van der Waals surface area contributed by atoms with Crippen molar-refractivity contribution >= 4 is 22.9 Å². The number of thiophene rings is 1. The number of halogens is 1. The van der Waals surface area contributed by atoms with Crippen LogP contribution in [0.3, 0.4) is 0 Å². The van der Waals surface area contributed by atoms with E-state index in [1.165, 1.54) is 27.1 Å². The highest BCUT2D eigenvalue weighted by Crippen LogP contribution is 2.34. The summed E-state index contributed by atoms with van der Waals surface area (Å²) in [5.41, 5.74) is 5.03. The van der Waals surface area contributed by atoms with Crippen LogP contribution >= 0.6 is 22.9 Å². The lowest BCUT2D eigenvalue weighted by atomic mass is 9.98. The third kappa shape index (κ3) is 3.02. The van der Waals surface area contributed by atoms with Crippen LogP contribution in [0, 0.1) is 20.8 Å². The highest BCUT2D eigenvalue weighted by molar-refractivity contribution is 7.10. The molecule has 0 amide bonds. The quantitative estimate of drug-likeness (QED) is 0.834. The first kappa shape index (κ1) is 14.6. The van der Waals surface area contributed by atoms with E-state index < -0.39 is 0 Å². The number of hydrogen-bond acceptors (Lipinski definition) is 2. The Hall–Kier alpha value is -0.830. The van der Waals surface area contributed by atoms with Crippen molar-refractivity contribution in [1.29, 1.82) is 0 Å². The maximum absolute atomic E-state index is 6.47. The standard InChI is InChI=1S/C16H20ClNS/c1-5-18-15(16-10(2)6-7-19-16)13-8-11(3)12(4)9-14(13)17/h6-9,15,18H,5H2,1-4H3. The summed E-state index contributed by atoms with van der Waals surface area (Å²) in [7, 11) is 0. The van der Waals surface area contributed by atoms with E-state index in [0.717, 1.165) is 11.6 Å². The van der Waals surface area contributed by atoms with Crippen LogP contribution in [0.15, 0.2) is 23.6 Å². The second-order valence-corrected chi connectivity index (χ2v) is 6.27. The molecule has 0 spiro atoms. The van der Waals surface area contributed by atoms with E-state index >= 15 is 0 Å². The van der Waals surface area contributed by atoms with Crippen molar-refractivity contribution in [2.45, 2.75) is 33.7 Å². The highest BCUT2D eigenvalue weighted by atomic mass is 35.5. The van der Waals surface area contributed by atoms with Crippen molar-refractivity contribution in [1.82, 2.24) is 5.32 Å². The first-order valence-electron chi connectivity index (χ1n) is 6.58. The van der Waals surface area contributed by atoms with Crippen molar-refractivity contribution < 1.29 is 0 Å². The molecule has 0 aliphatic rings. The van der Waals surface area contributed by atoms with Crippen LogP contribution in [-0.2, 0) is 0 Å². The van der Waals surface area contributed by atoms with E-state index in [1.54, 1.807) is 11.3 Å². The third-order valence-electron chi connectivity index (χ3n) is 3.50. The van der Waals surface area contributed by atoms with Gasteiger partial charge in [0.25, 0.3) is 0 Å². The van der Waals surface area contributed by atoms with E-state index in [1.807, 2.05) is 0 Å². The fourth-order valence-corrected chi connectivity index (χ4v) is 3.60. The Morgan fingerprint density at radius 3 is 2.42 bits per heavy atom. The van der Waals surface area contributed by atoms with Gasteiger partial charge in [-0.1, -0.05) is 24.6 Å². The van der Waals surface area contributed by atoms with Gasteiger partial charge in [0.15, 0.2) is 0 Å². The van der Waals surface area contributed by atoms with Gasteiger partial charge in [-0.25, -0.2) is 0 Å². The zero-order chi connectivity index (χ0) is 14.0. The molecular weight excluding hydrogens is 274 g/mol. The minimum absolute atomic E-state index is 0.191. The van der Waals surface area contributed by atoms with Gasteiger partial charge in [-0.3, -0.25) is 0 Å². The predicted molar refractivity (Wildman–Crippen MR) is 85.5 cm³/mol. The molecule has 19 heavy (non-hydrogen) atoms. The topological polar surface area (TPSA) is 12.0 Å². The molecule has 0 radical (unpaired) electrons. The van der Waals surface area contributed by atoms with Gasteiger partial charge in [-0.2, -0.15) is 0 Å². The van der Waals surface area contributed by atoms with Crippen LogP contribution in [0.1, 0.15) is 40.1 Å². The molecule has 1 N–H and O–H groups in total. The van der Waals surface area contributed by atoms with E-state index in [9.17, 15) is 0 Å². The zero-order valence-electron chi connectivity index (χ0n) is 11.9. The van der Waals surface area contributed by atoms with Gasteiger partial charge in [-0.05, 0) is 67.1 Å². The zero-order valence-corrected chi connectivity index (χ0v) is 13.5. The molecule has 0 fully saturated rings. The maximum atomic E-state index is 6.47. The van der Waals surface area contributed by atoms with Crippen LogP contribution in [0.4, 0.5) is 0 Å². The number of hydrogen-bond donors (Lipinski definition) is 1. The smallest absolute Gasteiger partial charge is 0.0688 e. The molecule has 3 heteroatoms. The van der Waals surface area contributed by atoms with Gasteiger partial charge in [-0.15, -0.1) is 11.3 Å². The number of aryl methyl sites for hydroxylation is 3. The molecule has 1 unspecified atom stereocenters. The summed E-state index contributed by atoms with van der Waals surface area (Å²) in [4.78, 5) is 1.35. The summed E-state index contributed by atoms with van der Waals surface area (Å²) in [6.45, 7) is 9.45. The lowest BCUT2D eigenvalue weighted by Crippen LogP contribution is -2.22. The molecule has 102 valence electrons. The van der Waals surface area contributed by atoms with E-state index in [0.29, 0.717) is 0 Å². The minimum atomic E-state index is 0.191. The molecule has 1 nitrogen and oxygen atoms in total. The van der Waals surface area contributed by atoms with Crippen molar-refractivity contribution in [2.24, 2.45) is 0 Å². The maximum Gasteiger partial charge on any atom is 0.0688 e. The van der Waals surface area contributed by atoms with E-state index in [-0.39, 0.29) is 6.04 Å². The van der Waals surface area contributed by atoms with Crippen molar-refractivity contribution in [3.05, 3.63) is 55.7 Å². The molecule has 0 saturated heterocycles. The molecule has 1 atom stereocenters. The number of rotatable bonds is 4. The highest BCUT2D eigenvalue weighted by Gasteiger charge is 2.19. The lowest BCUT2D eigenvalue weighted by Gasteiger charge is -2.21. The first-order chi connectivity index (χ1) is 9.04. The fourth-order valence-electron chi connectivity index (χ4n) is 2.25. The van der Waals surface area contributed by atoms with Crippen LogP contribution in [0.2, 0.25) is 5.02 Å². The number of nitrogens with one attached hydrogen (secondary N) is 1. The Labute approximate surface area is 124 Å². The monoisotopic (exact) mass is 293 g/mol. The van der Waals surface area contributed by atoms with Gasteiger partial charge in [0, 0.05) is 9.90 Å². The van der Waals surface area contributed by atoms with Crippen LogP contribution in [0.5, 0.6) is 0 Å². The molecule has 2 rings (SSSR count).